The fourth-order valence-electron chi connectivity index (χ4n) is 1.82. The molecule has 21 heavy (non-hydrogen) atoms. The van der Waals surface area contributed by atoms with E-state index in [-0.39, 0.29) is 18.4 Å². The maximum Gasteiger partial charge on any atom is 0.245 e. The summed E-state index contributed by atoms with van der Waals surface area (Å²) >= 11 is 3.26. The van der Waals surface area contributed by atoms with Crippen molar-refractivity contribution < 1.29 is 9.59 Å². The standard InChI is InChI=1S/C14H21BrN4O2/c1-9(2)6-11(16)14(21)19(3)8-13(20)18-12-5-4-10(15)7-17-12/h4-5,7,9,11H,6,8,16H2,1-3H3,(H,17,18,20)/t11-/m0/s1. The van der Waals surface area contributed by atoms with E-state index in [9.17, 15) is 9.59 Å². The Kier molecular flexibility index (Phi) is 6.77. The molecule has 0 aliphatic carbocycles. The summed E-state index contributed by atoms with van der Waals surface area (Å²) in [5.74, 6) is 0.230. The minimum atomic E-state index is -0.575. The van der Waals surface area contributed by atoms with Gasteiger partial charge in [-0.05, 0) is 40.4 Å². The van der Waals surface area contributed by atoms with Gasteiger partial charge in [0.15, 0.2) is 0 Å². The zero-order chi connectivity index (χ0) is 16.0. The minimum Gasteiger partial charge on any atom is -0.335 e. The second kappa shape index (κ2) is 8.09. The predicted molar refractivity (Wildman–Crippen MR) is 85.6 cm³/mol. The molecule has 0 saturated carbocycles. The van der Waals surface area contributed by atoms with Gasteiger partial charge in [-0.3, -0.25) is 9.59 Å². The van der Waals surface area contributed by atoms with E-state index in [4.69, 9.17) is 5.73 Å². The quantitative estimate of drug-likeness (QED) is 0.810. The van der Waals surface area contributed by atoms with Crippen LogP contribution in [0.15, 0.2) is 22.8 Å². The van der Waals surface area contributed by atoms with E-state index in [0.29, 0.717) is 18.2 Å². The van der Waals surface area contributed by atoms with Crippen LogP contribution in [0.1, 0.15) is 20.3 Å². The van der Waals surface area contributed by atoms with Crippen LogP contribution in [0.3, 0.4) is 0 Å². The van der Waals surface area contributed by atoms with Gasteiger partial charge < -0.3 is 16.0 Å². The van der Waals surface area contributed by atoms with Gasteiger partial charge in [0.05, 0.1) is 12.6 Å². The zero-order valence-electron chi connectivity index (χ0n) is 12.5. The highest BCUT2D eigenvalue weighted by atomic mass is 79.9. The highest BCUT2D eigenvalue weighted by molar-refractivity contribution is 9.10. The van der Waals surface area contributed by atoms with Gasteiger partial charge in [-0.1, -0.05) is 13.8 Å². The van der Waals surface area contributed by atoms with Crippen LogP contribution in [-0.4, -0.2) is 41.3 Å². The van der Waals surface area contributed by atoms with Gasteiger partial charge in [0, 0.05) is 17.7 Å². The molecular weight excluding hydrogens is 336 g/mol. The van der Waals surface area contributed by atoms with Crippen molar-refractivity contribution in [1.29, 1.82) is 0 Å². The molecule has 0 aliphatic heterocycles. The number of amides is 2. The van der Waals surface area contributed by atoms with Gasteiger partial charge in [0.25, 0.3) is 0 Å². The van der Waals surface area contributed by atoms with E-state index in [1.54, 1.807) is 25.4 Å². The Hall–Kier alpha value is -1.47. The molecule has 0 fully saturated rings. The smallest absolute Gasteiger partial charge is 0.245 e. The molecule has 7 heteroatoms. The number of rotatable bonds is 6. The van der Waals surface area contributed by atoms with Crippen molar-refractivity contribution in [2.45, 2.75) is 26.3 Å². The average Bonchev–Trinajstić information content (AvgIpc) is 2.39. The summed E-state index contributed by atoms with van der Waals surface area (Å²) in [7, 11) is 1.57. The zero-order valence-corrected chi connectivity index (χ0v) is 14.1. The summed E-state index contributed by atoms with van der Waals surface area (Å²) in [4.78, 5) is 29.2. The Morgan fingerprint density at radius 3 is 2.62 bits per heavy atom. The first kappa shape index (κ1) is 17.6. The van der Waals surface area contributed by atoms with Crippen molar-refractivity contribution in [2.75, 3.05) is 18.9 Å². The Morgan fingerprint density at radius 2 is 2.10 bits per heavy atom. The molecule has 1 atom stereocenters. The predicted octanol–water partition coefficient (Wildman–Crippen LogP) is 1.61. The molecule has 0 aliphatic rings. The first-order chi connectivity index (χ1) is 9.79. The average molecular weight is 357 g/mol. The molecule has 116 valence electrons. The molecule has 3 N–H and O–H groups in total. The lowest BCUT2D eigenvalue weighted by Crippen LogP contribution is -2.45. The van der Waals surface area contributed by atoms with Crippen LogP contribution in [0.25, 0.3) is 0 Å². The number of pyridine rings is 1. The molecule has 0 aromatic carbocycles. The van der Waals surface area contributed by atoms with E-state index in [2.05, 4.69) is 26.2 Å². The summed E-state index contributed by atoms with van der Waals surface area (Å²) in [6.45, 7) is 3.94. The molecule has 2 amide bonds. The SMILES string of the molecule is CC(C)C[C@H](N)C(=O)N(C)CC(=O)Nc1ccc(Br)cn1. The number of hydrogen-bond acceptors (Lipinski definition) is 4. The number of nitrogens with zero attached hydrogens (tertiary/aromatic N) is 2. The molecule has 1 aromatic heterocycles. The molecule has 1 heterocycles. The van der Waals surface area contributed by atoms with Gasteiger partial charge in [-0.2, -0.15) is 0 Å². The summed E-state index contributed by atoms with van der Waals surface area (Å²) in [6.07, 6.45) is 2.18. The number of likely N-dealkylation sites (N-methyl/N-ethyl adjacent to an activating group) is 1. The van der Waals surface area contributed by atoms with E-state index in [1.165, 1.54) is 4.90 Å². The lowest BCUT2D eigenvalue weighted by atomic mass is 10.0. The molecule has 0 unspecified atom stereocenters. The van der Waals surface area contributed by atoms with Crippen LogP contribution in [0, 0.1) is 5.92 Å². The van der Waals surface area contributed by atoms with Crippen molar-refractivity contribution in [3.63, 3.8) is 0 Å². The van der Waals surface area contributed by atoms with Gasteiger partial charge in [0.2, 0.25) is 11.8 Å². The van der Waals surface area contributed by atoms with Crippen molar-refractivity contribution in [3.05, 3.63) is 22.8 Å². The first-order valence-corrected chi connectivity index (χ1v) is 7.51. The molecule has 0 radical (unpaired) electrons. The molecule has 6 nitrogen and oxygen atoms in total. The molecule has 1 rings (SSSR count). The third-order valence-corrected chi connectivity index (χ3v) is 3.26. The normalized spacial score (nSPS) is 12.1. The number of halogens is 1. The van der Waals surface area contributed by atoms with Crippen molar-refractivity contribution >= 4 is 33.6 Å². The van der Waals surface area contributed by atoms with Crippen molar-refractivity contribution in [1.82, 2.24) is 9.88 Å². The van der Waals surface area contributed by atoms with Gasteiger partial charge >= 0.3 is 0 Å². The highest BCUT2D eigenvalue weighted by Gasteiger charge is 2.20. The maximum absolute atomic E-state index is 12.0. The van der Waals surface area contributed by atoms with E-state index >= 15 is 0 Å². The second-order valence-electron chi connectivity index (χ2n) is 5.34. The monoisotopic (exact) mass is 356 g/mol. The number of carbonyl (C=O) groups excluding carboxylic acids is 2. The van der Waals surface area contributed by atoms with Crippen molar-refractivity contribution in [3.8, 4) is 0 Å². The molecule has 0 bridgehead atoms. The molecule has 1 aromatic rings. The van der Waals surface area contributed by atoms with Crippen LogP contribution in [-0.2, 0) is 9.59 Å². The summed E-state index contributed by atoms with van der Waals surface area (Å²) in [6, 6.07) is 2.87. The van der Waals surface area contributed by atoms with Gasteiger partial charge in [0.1, 0.15) is 5.82 Å². The Morgan fingerprint density at radius 1 is 1.43 bits per heavy atom. The lowest BCUT2D eigenvalue weighted by molar-refractivity contribution is -0.134. The van der Waals surface area contributed by atoms with Gasteiger partial charge in [-0.25, -0.2) is 4.98 Å². The van der Waals surface area contributed by atoms with Gasteiger partial charge in [-0.15, -0.1) is 0 Å². The van der Waals surface area contributed by atoms with E-state index in [0.717, 1.165) is 4.47 Å². The maximum atomic E-state index is 12.0. The number of hydrogen-bond donors (Lipinski definition) is 2. The molecule has 0 saturated heterocycles. The summed E-state index contributed by atoms with van der Waals surface area (Å²) < 4.78 is 0.826. The Bertz CT molecular complexity index is 490. The first-order valence-electron chi connectivity index (χ1n) is 6.71. The topological polar surface area (TPSA) is 88.3 Å². The third-order valence-electron chi connectivity index (χ3n) is 2.79. The fraction of sp³-hybridized carbons (Fsp3) is 0.500. The van der Waals surface area contributed by atoms with Crippen LogP contribution in [0.4, 0.5) is 5.82 Å². The third kappa shape index (κ3) is 6.22. The number of nitrogens with two attached hydrogens (primary N) is 1. The van der Waals surface area contributed by atoms with E-state index in [1.807, 2.05) is 13.8 Å². The number of anilines is 1. The summed E-state index contributed by atoms with van der Waals surface area (Å²) in [5, 5.41) is 2.63. The van der Waals surface area contributed by atoms with Crippen LogP contribution in [0.5, 0.6) is 0 Å². The van der Waals surface area contributed by atoms with Crippen LogP contribution >= 0.6 is 15.9 Å². The Labute approximate surface area is 133 Å². The fourth-order valence-corrected chi connectivity index (χ4v) is 2.05. The van der Waals surface area contributed by atoms with Crippen LogP contribution in [0.2, 0.25) is 0 Å². The highest BCUT2D eigenvalue weighted by Crippen LogP contribution is 2.10. The second-order valence-corrected chi connectivity index (χ2v) is 6.26. The minimum absolute atomic E-state index is 0.0532. The lowest BCUT2D eigenvalue weighted by Gasteiger charge is -2.21. The molecular formula is C14H21BrN4O2. The summed E-state index contributed by atoms with van der Waals surface area (Å²) in [5.41, 5.74) is 5.82. The van der Waals surface area contributed by atoms with Crippen LogP contribution < -0.4 is 11.1 Å². The largest absolute Gasteiger partial charge is 0.335 e. The van der Waals surface area contributed by atoms with E-state index < -0.39 is 6.04 Å². The molecule has 0 spiro atoms. The number of carbonyl (C=O) groups is 2. The Balaban J connectivity index is 2.49. The number of aromatic nitrogens is 1. The number of nitrogens with one attached hydrogen (secondary N) is 1. The van der Waals surface area contributed by atoms with Crippen molar-refractivity contribution in [2.24, 2.45) is 11.7 Å².